The van der Waals surface area contributed by atoms with Crippen LogP contribution in [0.3, 0.4) is 0 Å². The van der Waals surface area contributed by atoms with Crippen LogP contribution in [0.25, 0.3) is 0 Å². The van der Waals surface area contributed by atoms with Crippen molar-refractivity contribution in [2.45, 2.75) is 13.3 Å². The molecule has 2 atom stereocenters. The molecule has 92 valence electrons. The molecule has 0 radical (unpaired) electrons. The molecule has 4 heteroatoms. The first-order valence-electron chi connectivity index (χ1n) is 5.80. The highest BCUT2D eigenvalue weighted by atomic mass is 79.9. The topological polar surface area (TPSA) is 46.3 Å². The first-order chi connectivity index (χ1) is 8.00. The molecule has 2 unspecified atom stereocenters. The van der Waals surface area contributed by atoms with E-state index in [-0.39, 0.29) is 5.91 Å². The van der Waals surface area contributed by atoms with Crippen LogP contribution in [0, 0.1) is 11.8 Å². The minimum absolute atomic E-state index is 0.0308. The number of hydrogen-bond acceptors (Lipinski definition) is 2. The number of carbonyl (C=O) groups is 1. The van der Waals surface area contributed by atoms with Gasteiger partial charge in [0, 0.05) is 19.3 Å². The molecule has 0 spiro atoms. The molecule has 1 amide bonds. The highest BCUT2D eigenvalue weighted by molar-refractivity contribution is 9.10. The Morgan fingerprint density at radius 1 is 1.59 bits per heavy atom. The third-order valence-corrected chi connectivity index (χ3v) is 4.28. The van der Waals surface area contributed by atoms with Crippen LogP contribution < -0.4 is 5.73 Å². The molecule has 2 N–H and O–H groups in total. The first-order valence-corrected chi connectivity index (χ1v) is 6.59. The molecular formula is C13H17BrN2O. The van der Waals surface area contributed by atoms with Crippen molar-refractivity contribution < 1.29 is 4.79 Å². The second kappa shape index (κ2) is 4.69. The summed E-state index contributed by atoms with van der Waals surface area (Å²) < 4.78 is 0.695. The smallest absolute Gasteiger partial charge is 0.254 e. The standard InChI is InChI=1S/C13H17BrN2O/c1-8-6-9(8)7-16(2)13(17)10-4-3-5-11(15)12(10)14/h3-5,8-9H,6-7,15H2,1-2H3. The van der Waals surface area contributed by atoms with Crippen molar-refractivity contribution in [3.8, 4) is 0 Å². The summed E-state index contributed by atoms with van der Waals surface area (Å²) in [6.07, 6.45) is 1.23. The van der Waals surface area contributed by atoms with Gasteiger partial charge in [-0.3, -0.25) is 4.79 Å². The van der Waals surface area contributed by atoms with Crippen LogP contribution in [0.5, 0.6) is 0 Å². The van der Waals surface area contributed by atoms with Gasteiger partial charge < -0.3 is 10.6 Å². The zero-order valence-electron chi connectivity index (χ0n) is 10.1. The molecule has 1 aromatic carbocycles. The van der Waals surface area contributed by atoms with Crippen molar-refractivity contribution in [3.05, 3.63) is 28.2 Å². The minimum atomic E-state index is 0.0308. The largest absolute Gasteiger partial charge is 0.398 e. The third-order valence-electron chi connectivity index (χ3n) is 3.39. The first kappa shape index (κ1) is 12.4. The van der Waals surface area contributed by atoms with Crippen molar-refractivity contribution in [2.75, 3.05) is 19.3 Å². The number of nitrogens with two attached hydrogens (primary N) is 1. The lowest BCUT2D eigenvalue weighted by Gasteiger charge is -2.18. The van der Waals surface area contributed by atoms with Crippen molar-refractivity contribution >= 4 is 27.5 Å². The zero-order valence-corrected chi connectivity index (χ0v) is 11.7. The van der Waals surface area contributed by atoms with Gasteiger partial charge in [0.05, 0.1) is 10.0 Å². The van der Waals surface area contributed by atoms with E-state index in [0.717, 1.165) is 12.5 Å². The molecule has 3 nitrogen and oxygen atoms in total. The van der Waals surface area contributed by atoms with Crippen molar-refractivity contribution in [1.82, 2.24) is 4.90 Å². The van der Waals surface area contributed by atoms with Crippen LogP contribution in [-0.4, -0.2) is 24.4 Å². The number of halogens is 1. The molecule has 1 fully saturated rings. The van der Waals surface area contributed by atoms with Gasteiger partial charge in [0.15, 0.2) is 0 Å². The molecule has 1 aromatic rings. The summed E-state index contributed by atoms with van der Waals surface area (Å²) in [6.45, 7) is 3.06. The van der Waals surface area contributed by atoms with Gasteiger partial charge >= 0.3 is 0 Å². The van der Waals surface area contributed by atoms with E-state index in [9.17, 15) is 4.79 Å². The Labute approximate surface area is 110 Å². The van der Waals surface area contributed by atoms with E-state index in [2.05, 4.69) is 22.9 Å². The fourth-order valence-corrected chi connectivity index (χ4v) is 2.44. The number of carbonyl (C=O) groups excluding carboxylic acids is 1. The monoisotopic (exact) mass is 296 g/mol. The lowest BCUT2D eigenvalue weighted by Crippen LogP contribution is -2.29. The van der Waals surface area contributed by atoms with Gasteiger partial charge in [0.2, 0.25) is 0 Å². The summed E-state index contributed by atoms with van der Waals surface area (Å²) in [5.41, 5.74) is 7.02. The number of nitrogen functional groups attached to an aromatic ring is 1. The fourth-order valence-electron chi connectivity index (χ4n) is 2.01. The summed E-state index contributed by atoms with van der Waals surface area (Å²) in [6, 6.07) is 5.39. The van der Waals surface area contributed by atoms with E-state index in [1.165, 1.54) is 6.42 Å². The van der Waals surface area contributed by atoms with Gasteiger partial charge in [-0.25, -0.2) is 0 Å². The van der Waals surface area contributed by atoms with E-state index in [4.69, 9.17) is 5.73 Å². The fraction of sp³-hybridized carbons (Fsp3) is 0.462. The minimum Gasteiger partial charge on any atom is -0.398 e. The molecule has 1 saturated carbocycles. The van der Waals surface area contributed by atoms with E-state index in [0.29, 0.717) is 21.6 Å². The number of amides is 1. The summed E-state index contributed by atoms with van der Waals surface area (Å²) in [5, 5.41) is 0. The molecule has 2 rings (SSSR count). The van der Waals surface area contributed by atoms with Crippen LogP contribution in [0.1, 0.15) is 23.7 Å². The number of rotatable bonds is 3. The molecule has 1 aliphatic carbocycles. The molecule has 0 saturated heterocycles. The van der Waals surface area contributed by atoms with Gasteiger partial charge in [-0.2, -0.15) is 0 Å². The summed E-state index contributed by atoms with van der Waals surface area (Å²) in [4.78, 5) is 14.0. The molecule has 17 heavy (non-hydrogen) atoms. The Morgan fingerprint density at radius 3 is 2.82 bits per heavy atom. The van der Waals surface area contributed by atoms with Crippen LogP contribution >= 0.6 is 15.9 Å². The lowest BCUT2D eigenvalue weighted by atomic mass is 10.1. The molecular weight excluding hydrogens is 280 g/mol. The number of hydrogen-bond donors (Lipinski definition) is 1. The second-order valence-corrected chi connectivity index (χ2v) is 5.66. The number of anilines is 1. The Balaban J connectivity index is 2.10. The molecule has 1 aliphatic rings. The van der Waals surface area contributed by atoms with Crippen molar-refractivity contribution in [1.29, 1.82) is 0 Å². The third kappa shape index (κ3) is 2.63. The zero-order chi connectivity index (χ0) is 12.6. The average Bonchev–Trinajstić information content (AvgIpc) is 2.97. The molecule has 0 bridgehead atoms. The van der Waals surface area contributed by atoms with Crippen molar-refractivity contribution in [2.24, 2.45) is 11.8 Å². The summed E-state index contributed by atoms with van der Waals surface area (Å²) in [7, 11) is 1.85. The predicted molar refractivity (Wildman–Crippen MR) is 72.8 cm³/mol. The highest BCUT2D eigenvalue weighted by Crippen LogP contribution is 2.38. The molecule has 0 aliphatic heterocycles. The van der Waals surface area contributed by atoms with Gasteiger partial charge in [0.25, 0.3) is 5.91 Å². The Hall–Kier alpha value is -1.03. The molecule has 0 heterocycles. The second-order valence-electron chi connectivity index (χ2n) is 4.87. The van der Waals surface area contributed by atoms with Crippen LogP contribution in [0.15, 0.2) is 22.7 Å². The van der Waals surface area contributed by atoms with E-state index in [1.807, 2.05) is 7.05 Å². The maximum absolute atomic E-state index is 12.2. The van der Waals surface area contributed by atoms with Gasteiger partial charge in [-0.1, -0.05) is 13.0 Å². The quantitative estimate of drug-likeness (QED) is 0.872. The van der Waals surface area contributed by atoms with Crippen molar-refractivity contribution in [3.63, 3.8) is 0 Å². The maximum atomic E-state index is 12.2. The summed E-state index contributed by atoms with van der Waals surface area (Å²) >= 11 is 3.37. The number of nitrogens with zero attached hydrogens (tertiary/aromatic N) is 1. The average molecular weight is 297 g/mol. The Bertz CT molecular complexity index is 447. The van der Waals surface area contributed by atoms with Crippen LogP contribution in [-0.2, 0) is 0 Å². The molecule has 0 aromatic heterocycles. The van der Waals surface area contributed by atoms with Crippen LogP contribution in [0.2, 0.25) is 0 Å². The van der Waals surface area contributed by atoms with Gasteiger partial charge in [-0.05, 0) is 46.3 Å². The lowest BCUT2D eigenvalue weighted by molar-refractivity contribution is 0.0786. The predicted octanol–water partition coefficient (Wildman–Crippen LogP) is 2.76. The maximum Gasteiger partial charge on any atom is 0.254 e. The van der Waals surface area contributed by atoms with E-state index in [1.54, 1.807) is 23.1 Å². The van der Waals surface area contributed by atoms with E-state index < -0.39 is 0 Å². The summed E-state index contributed by atoms with van der Waals surface area (Å²) in [5.74, 6) is 1.46. The van der Waals surface area contributed by atoms with Gasteiger partial charge in [-0.15, -0.1) is 0 Å². The van der Waals surface area contributed by atoms with E-state index >= 15 is 0 Å². The van der Waals surface area contributed by atoms with Gasteiger partial charge in [0.1, 0.15) is 0 Å². The highest BCUT2D eigenvalue weighted by Gasteiger charge is 2.34. The SMILES string of the molecule is CC1CC1CN(C)C(=O)c1cccc(N)c1Br. The Kier molecular flexibility index (Phi) is 3.43. The van der Waals surface area contributed by atoms with Crippen LogP contribution in [0.4, 0.5) is 5.69 Å². The number of benzene rings is 1. The normalized spacial score (nSPS) is 22.3. The Morgan fingerprint density at radius 2 is 2.24 bits per heavy atom.